The predicted octanol–water partition coefficient (Wildman–Crippen LogP) is 1.87. The van der Waals surface area contributed by atoms with Gasteiger partial charge in [0, 0.05) is 0 Å². The van der Waals surface area contributed by atoms with Gasteiger partial charge in [0.25, 0.3) is 0 Å². The topological polar surface area (TPSA) is 92.4 Å². The van der Waals surface area contributed by atoms with Crippen molar-refractivity contribution in [3.63, 3.8) is 0 Å². The average Bonchev–Trinajstić information content (AvgIpc) is 2.37. The third-order valence-corrected chi connectivity index (χ3v) is 3.00. The van der Waals surface area contributed by atoms with E-state index in [2.05, 4.69) is 5.32 Å². The fourth-order valence-corrected chi connectivity index (χ4v) is 1.62. The van der Waals surface area contributed by atoms with E-state index in [-0.39, 0.29) is 23.1 Å². The third kappa shape index (κ3) is 3.79. The summed E-state index contributed by atoms with van der Waals surface area (Å²) in [5.41, 5.74) is 7.01. The van der Waals surface area contributed by atoms with E-state index in [1.165, 1.54) is 0 Å². The number of nitrogens with one attached hydrogen (secondary N) is 1. The zero-order valence-corrected chi connectivity index (χ0v) is 11.4. The second-order valence-electron chi connectivity index (χ2n) is 4.80. The maximum absolute atomic E-state index is 11.9. The standard InChI is InChI=1S/C14H20N2O3/c1-4-9-5-6-11(10(7-9)14(18)19)16-13(17)12(15)8(2)3/h5-8,12H,4,15H2,1-3H3,(H,16,17)(H,18,19). The number of carboxylic acid groups (broad SMARTS) is 1. The first-order valence-corrected chi connectivity index (χ1v) is 6.29. The van der Waals surface area contributed by atoms with Gasteiger partial charge >= 0.3 is 5.97 Å². The molecule has 1 amide bonds. The van der Waals surface area contributed by atoms with Crippen LogP contribution in [0, 0.1) is 5.92 Å². The van der Waals surface area contributed by atoms with E-state index in [4.69, 9.17) is 10.8 Å². The Morgan fingerprint density at radius 3 is 2.47 bits per heavy atom. The minimum Gasteiger partial charge on any atom is -0.478 e. The molecule has 0 aliphatic heterocycles. The van der Waals surface area contributed by atoms with Crippen molar-refractivity contribution in [2.45, 2.75) is 33.2 Å². The second kappa shape index (κ2) is 6.33. The Labute approximate surface area is 112 Å². The maximum Gasteiger partial charge on any atom is 0.337 e. The predicted molar refractivity (Wildman–Crippen MR) is 74.2 cm³/mol. The number of carbonyl (C=O) groups excluding carboxylic acids is 1. The lowest BCUT2D eigenvalue weighted by Gasteiger charge is -2.16. The van der Waals surface area contributed by atoms with Crippen molar-refractivity contribution in [2.24, 2.45) is 11.7 Å². The van der Waals surface area contributed by atoms with Gasteiger partial charge in [-0.2, -0.15) is 0 Å². The molecule has 19 heavy (non-hydrogen) atoms. The third-order valence-electron chi connectivity index (χ3n) is 3.00. The van der Waals surface area contributed by atoms with E-state index in [1.54, 1.807) is 18.2 Å². The van der Waals surface area contributed by atoms with Crippen LogP contribution in [0.3, 0.4) is 0 Å². The Kier molecular flexibility index (Phi) is 5.06. The molecular weight excluding hydrogens is 244 g/mol. The van der Waals surface area contributed by atoms with Gasteiger partial charge in [-0.1, -0.05) is 26.8 Å². The molecule has 1 atom stereocenters. The first kappa shape index (κ1) is 15.2. The number of anilines is 1. The smallest absolute Gasteiger partial charge is 0.337 e. The molecule has 4 N–H and O–H groups in total. The van der Waals surface area contributed by atoms with E-state index >= 15 is 0 Å². The number of carbonyl (C=O) groups is 2. The number of carboxylic acids is 1. The number of rotatable bonds is 5. The molecule has 0 spiro atoms. The first-order chi connectivity index (χ1) is 8.86. The number of hydrogen-bond donors (Lipinski definition) is 3. The summed E-state index contributed by atoms with van der Waals surface area (Å²) in [7, 11) is 0. The fourth-order valence-electron chi connectivity index (χ4n) is 1.62. The molecule has 104 valence electrons. The van der Waals surface area contributed by atoms with Gasteiger partial charge in [0.15, 0.2) is 0 Å². The van der Waals surface area contributed by atoms with Crippen molar-refractivity contribution >= 4 is 17.6 Å². The molecule has 0 fully saturated rings. The van der Waals surface area contributed by atoms with Crippen LogP contribution in [0.25, 0.3) is 0 Å². The Morgan fingerprint density at radius 1 is 1.37 bits per heavy atom. The van der Waals surface area contributed by atoms with Gasteiger partial charge in [-0.3, -0.25) is 4.79 Å². The van der Waals surface area contributed by atoms with Gasteiger partial charge in [-0.05, 0) is 30.0 Å². The summed E-state index contributed by atoms with van der Waals surface area (Å²) in [5.74, 6) is -1.45. The molecule has 0 saturated carbocycles. The molecule has 0 aliphatic carbocycles. The summed E-state index contributed by atoms with van der Waals surface area (Å²) < 4.78 is 0. The highest BCUT2D eigenvalue weighted by Crippen LogP contribution is 2.19. The zero-order chi connectivity index (χ0) is 14.6. The van der Waals surface area contributed by atoms with Crippen LogP contribution in [0.1, 0.15) is 36.7 Å². The highest BCUT2D eigenvalue weighted by molar-refractivity contribution is 6.02. The van der Waals surface area contributed by atoms with Crippen molar-refractivity contribution in [1.29, 1.82) is 0 Å². The number of aromatic carboxylic acids is 1. The Balaban J connectivity index is 3.01. The highest BCUT2D eigenvalue weighted by Gasteiger charge is 2.19. The summed E-state index contributed by atoms with van der Waals surface area (Å²) >= 11 is 0. The minimum absolute atomic E-state index is 0.0109. The number of nitrogens with two attached hydrogens (primary N) is 1. The van der Waals surface area contributed by atoms with Crippen LogP contribution in [-0.4, -0.2) is 23.0 Å². The average molecular weight is 264 g/mol. The Morgan fingerprint density at radius 2 is 2.00 bits per heavy atom. The molecule has 5 heteroatoms. The number of amides is 1. The lowest BCUT2D eigenvalue weighted by atomic mass is 10.0. The monoisotopic (exact) mass is 264 g/mol. The van der Waals surface area contributed by atoms with Crippen molar-refractivity contribution in [2.75, 3.05) is 5.32 Å². The summed E-state index contributed by atoms with van der Waals surface area (Å²) in [6, 6.07) is 4.31. The van der Waals surface area contributed by atoms with Crippen molar-refractivity contribution in [1.82, 2.24) is 0 Å². The van der Waals surface area contributed by atoms with Crippen LogP contribution in [0.5, 0.6) is 0 Å². The summed E-state index contributed by atoms with van der Waals surface area (Å²) in [4.78, 5) is 23.0. The van der Waals surface area contributed by atoms with Crippen molar-refractivity contribution in [3.8, 4) is 0 Å². The van der Waals surface area contributed by atoms with Crippen LogP contribution in [0.2, 0.25) is 0 Å². The van der Waals surface area contributed by atoms with Gasteiger partial charge in [-0.25, -0.2) is 4.79 Å². The van der Waals surface area contributed by atoms with Gasteiger partial charge in [-0.15, -0.1) is 0 Å². The van der Waals surface area contributed by atoms with Crippen LogP contribution in [0.15, 0.2) is 18.2 Å². The number of aryl methyl sites for hydroxylation is 1. The van der Waals surface area contributed by atoms with E-state index in [0.29, 0.717) is 0 Å². The molecule has 0 bridgehead atoms. The molecule has 0 aliphatic rings. The molecule has 0 aromatic heterocycles. The molecule has 5 nitrogen and oxygen atoms in total. The first-order valence-electron chi connectivity index (χ1n) is 6.29. The fraction of sp³-hybridized carbons (Fsp3) is 0.429. The van der Waals surface area contributed by atoms with Gasteiger partial charge in [0.05, 0.1) is 17.3 Å². The SMILES string of the molecule is CCc1ccc(NC(=O)C(N)C(C)C)c(C(=O)O)c1. The van der Waals surface area contributed by atoms with Crippen LogP contribution < -0.4 is 11.1 Å². The molecular formula is C14H20N2O3. The highest BCUT2D eigenvalue weighted by atomic mass is 16.4. The summed E-state index contributed by atoms with van der Waals surface area (Å²) in [6.45, 7) is 5.61. The van der Waals surface area contributed by atoms with E-state index in [0.717, 1.165) is 12.0 Å². The lowest BCUT2D eigenvalue weighted by Crippen LogP contribution is -2.40. The number of benzene rings is 1. The van der Waals surface area contributed by atoms with Crippen LogP contribution >= 0.6 is 0 Å². The maximum atomic E-state index is 11.9. The number of hydrogen-bond acceptors (Lipinski definition) is 3. The minimum atomic E-state index is -1.07. The van der Waals surface area contributed by atoms with Crippen LogP contribution in [0.4, 0.5) is 5.69 Å². The van der Waals surface area contributed by atoms with Gasteiger partial charge in [0.1, 0.15) is 0 Å². The van der Waals surface area contributed by atoms with Gasteiger partial charge < -0.3 is 16.2 Å². The second-order valence-corrected chi connectivity index (χ2v) is 4.80. The molecule has 1 aromatic rings. The lowest BCUT2D eigenvalue weighted by molar-refractivity contribution is -0.118. The molecule has 1 aromatic carbocycles. The molecule has 0 heterocycles. The molecule has 0 radical (unpaired) electrons. The van der Waals surface area contributed by atoms with E-state index in [9.17, 15) is 9.59 Å². The van der Waals surface area contributed by atoms with E-state index < -0.39 is 12.0 Å². The molecule has 1 rings (SSSR count). The van der Waals surface area contributed by atoms with Crippen molar-refractivity contribution < 1.29 is 14.7 Å². The zero-order valence-electron chi connectivity index (χ0n) is 11.4. The van der Waals surface area contributed by atoms with Gasteiger partial charge in [0.2, 0.25) is 5.91 Å². The van der Waals surface area contributed by atoms with Crippen molar-refractivity contribution in [3.05, 3.63) is 29.3 Å². The largest absolute Gasteiger partial charge is 0.478 e. The molecule has 0 saturated heterocycles. The Hall–Kier alpha value is -1.88. The summed E-state index contributed by atoms with van der Waals surface area (Å²) in [5, 5.41) is 11.7. The molecule has 1 unspecified atom stereocenters. The van der Waals surface area contributed by atoms with Crippen LogP contribution in [-0.2, 0) is 11.2 Å². The van der Waals surface area contributed by atoms with E-state index in [1.807, 2.05) is 20.8 Å². The normalized spacial score (nSPS) is 12.3. The quantitative estimate of drug-likeness (QED) is 0.757. The Bertz CT molecular complexity index is 484. The summed E-state index contributed by atoms with van der Waals surface area (Å²) in [6.07, 6.45) is 0.736.